The van der Waals surface area contributed by atoms with E-state index in [1.807, 2.05) is 0 Å². The third-order valence-electron chi connectivity index (χ3n) is 2.61. The number of anilines is 1. The van der Waals surface area contributed by atoms with Crippen LogP contribution < -0.4 is 11.1 Å². The van der Waals surface area contributed by atoms with Crippen molar-refractivity contribution in [3.8, 4) is 0 Å². The van der Waals surface area contributed by atoms with E-state index in [4.69, 9.17) is 28.9 Å². The summed E-state index contributed by atoms with van der Waals surface area (Å²) in [6, 6.07) is 5.50. The third-order valence-corrected chi connectivity index (χ3v) is 3.19. The average molecular weight is 314 g/mol. The number of nitrogens with zero attached hydrogens (tertiary/aromatic N) is 1. The molecule has 0 saturated carbocycles. The summed E-state index contributed by atoms with van der Waals surface area (Å²) in [6.45, 7) is 0.219. The summed E-state index contributed by atoms with van der Waals surface area (Å²) in [5, 5.41) is 3.57. The highest BCUT2D eigenvalue weighted by molar-refractivity contribution is 6.31. The second kappa shape index (κ2) is 6.07. The molecule has 104 valence electrons. The maximum Gasteiger partial charge on any atom is 0.252 e. The highest BCUT2D eigenvalue weighted by Gasteiger charge is 2.10. The first-order valence-electron chi connectivity index (χ1n) is 5.60. The van der Waals surface area contributed by atoms with Crippen LogP contribution in [-0.2, 0) is 6.54 Å². The maximum absolute atomic E-state index is 13.2. The molecule has 0 fully saturated rings. The van der Waals surface area contributed by atoms with Gasteiger partial charge >= 0.3 is 0 Å². The van der Waals surface area contributed by atoms with Crippen LogP contribution in [-0.4, -0.2) is 10.9 Å². The molecule has 0 aliphatic rings. The van der Waals surface area contributed by atoms with Crippen LogP contribution >= 0.6 is 23.2 Å². The second-order valence-corrected chi connectivity index (χ2v) is 4.80. The van der Waals surface area contributed by atoms with Gasteiger partial charge in [-0.1, -0.05) is 23.2 Å². The molecule has 0 bridgehead atoms. The topological polar surface area (TPSA) is 68.0 Å². The molecule has 1 heterocycles. The number of primary amides is 1. The normalized spacial score (nSPS) is 10.3. The van der Waals surface area contributed by atoms with Gasteiger partial charge in [0.25, 0.3) is 5.91 Å². The number of pyridine rings is 1. The summed E-state index contributed by atoms with van der Waals surface area (Å²) in [5.41, 5.74) is 6.40. The van der Waals surface area contributed by atoms with E-state index < -0.39 is 11.7 Å². The molecule has 1 aromatic heterocycles. The average Bonchev–Trinajstić information content (AvgIpc) is 2.39. The maximum atomic E-state index is 13.2. The zero-order valence-electron chi connectivity index (χ0n) is 10.2. The van der Waals surface area contributed by atoms with E-state index >= 15 is 0 Å². The van der Waals surface area contributed by atoms with Gasteiger partial charge in [0.2, 0.25) is 0 Å². The minimum absolute atomic E-state index is 0.196. The molecule has 3 N–H and O–H groups in total. The summed E-state index contributed by atoms with van der Waals surface area (Å²) in [5.74, 6) is -1.03. The third kappa shape index (κ3) is 3.37. The standard InChI is InChI=1S/C13H10Cl2FN3O/c14-10-2-1-8(16)3-7(10)5-18-11-4-12(15)19-6-9(11)13(17)20/h1-4,6H,5H2,(H2,17,20)(H,18,19). The summed E-state index contributed by atoms with van der Waals surface area (Å²) >= 11 is 11.7. The number of aromatic nitrogens is 1. The van der Waals surface area contributed by atoms with Crippen molar-refractivity contribution in [2.75, 3.05) is 5.32 Å². The number of rotatable bonds is 4. The summed E-state index contributed by atoms with van der Waals surface area (Å²) in [4.78, 5) is 15.1. The first-order valence-corrected chi connectivity index (χ1v) is 6.36. The van der Waals surface area contributed by atoms with Gasteiger partial charge < -0.3 is 11.1 Å². The molecule has 1 aromatic carbocycles. The van der Waals surface area contributed by atoms with Crippen molar-refractivity contribution in [2.24, 2.45) is 5.73 Å². The van der Waals surface area contributed by atoms with Gasteiger partial charge in [0, 0.05) is 17.8 Å². The zero-order valence-corrected chi connectivity index (χ0v) is 11.7. The van der Waals surface area contributed by atoms with Gasteiger partial charge in [0.1, 0.15) is 11.0 Å². The number of benzene rings is 1. The van der Waals surface area contributed by atoms with Crippen LogP contribution in [0.4, 0.5) is 10.1 Å². The van der Waals surface area contributed by atoms with Crippen LogP contribution in [0.5, 0.6) is 0 Å². The van der Waals surface area contributed by atoms with E-state index in [1.165, 1.54) is 30.5 Å². The quantitative estimate of drug-likeness (QED) is 0.851. The highest BCUT2D eigenvalue weighted by atomic mass is 35.5. The van der Waals surface area contributed by atoms with Crippen LogP contribution in [0.3, 0.4) is 0 Å². The van der Waals surface area contributed by atoms with Gasteiger partial charge in [-0.15, -0.1) is 0 Å². The summed E-state index contributed by atoms with van der Waals surface area (Å²) in [6.07, 6.45) is 1.28. The van der Waals surface area contributed by atoms with Crippen molar-refractivity contribution in [1.29, 1.82) is 0 Å². The van der Waals surface area contributed by atoms with Gasteiger partial charge in [-0.05, 0) is 29.8 Å². The van der Waals surface area contributed by atoms with Crippen LogP contribution in [0, 0.1) is 5.82 Å². The molecule has 0 aliphatic carbocycles. The number of carbonyl (C=O) groups excluding carboxylic acids is 1. The Balaban J connectivity index is 2.24. The van der Waals surface area contributed by atoms with E-state index in [0.29, 0.717) is 16.3 Å². The monoisotopic (exact) mass is 313 g/mol. The van der Waals surface area contributed by atoms with Crippen molar-refractivity contribution in [2.45, 2.75) is 6.54 Å². The number of hydrogen-bond acceptors (Lipinski definition) is 3. The lowest BCUT2D eigenvalue weighted by Crippen LogP contribution is -2.15. The largest absolute Gasteiger partial charge is 0.380 e. The zero-order chi connectivity index (χ0) is 14.7. The summed E-state index contributed by atoms with van der Waals surface area (Å²) < 4.78 is 13.2. The smallest absolute Gasteiger partial charge is 0.252 e. The molecule has 0 saturated heterocycles. The summed E-state index contributed by atoms with van der Waals surface area (Å²) in [7, 11) is 0. The van der Waals surface area contributed by atoms with Crippen molar-refractivity contribution in [1.82, 2.24) is 4.98 Å². The minimum atomic E-state index is -0.637. The Labute approximate surface area is 124 Å². The van der Waals surface area contributed by atoms with Crippen LogP contribution in [0.25, 0.3) is 0 Å². The molecular weight excluding hydrogens is 304 g/mol. The van der Waals surface area contributed by atoms with Crippen molar-refractivity contribution in [3.05, 3.63) is 57.6 Å². The van der Waals surface area contributed by atoms with E-state index in [2.05, 4.69) is 10.3 Å². The Morgan fingerprint density at radius 1 is 1.35 bits per heavy atom. The van der Waals surface area contributed by atoms with Crippen LogP contribution in [0.15, 0.2) is 30.5 Å². The van der Waals surface area contributed by atoms with E-state index in [1.54, 1.807) is 0 Å². The number of nitrogens with one attached hydrogen (secondary N) is 1. The first-order chi connectivity index (χ1) is 9.47. The SMILES string of the molecule is NC(=O)c1cnc(Cl)cc1NCc1cc(F)ccc1Cl. The fraction of sp³-hybridized carbons (Fsp3) is 0.0769. The highest BCUT2D eigenvalue weighted by Crippen LogP contribution is 2.22. The molecule has 0 atom stereocenters. The van der Waals surface area contributed by atoms with Crippen molar-refractivity contribution >= 4 is 34.8 Å². The molecule has 0 spiro atoms. The molecule has 20 heavy (non-hydrogen) atoms. The molecular formula is C13H10Cl2FN3O. The molecule has 2 aromatic rings. The Bertz CT molecular complexity index is 664. The Morgan fingerprint density at radius 2 is 2.10 bits per heavy atom. The van der Waals surface area contributed by atoms with Crippen LogP contribution in [0.2, 0.25) is 10.2 Å². The van der Waals surface area contributed by atoms with Gasteiger partial charge in [0.15, 0.2) is 0 Å². The number of carbonyl (C=O) groups is 1. The first kappa shape index (κ1) is 14.6. The molecule has 0 radical (unpaired) electrons. The van der Waals surface area contributed by atoms with E-state index in [9.17, 15) is 9.18 Å². The van der Waals surface area contributed by atoms with E-state index in [-0.39, 0.29) is 17.3 Å². The number of nitrogens with two attached hydrogens (primary N) is 1. The predicted molar refractivity (Wildman–Crippen MR) is 76.5 cm³/mol. The van der Waals surface area contributed by atoms with Gasteiger partial charge in [-0.2, -0.15) is 0 Å². The molecule has 2 rings (SSSR count). The second-order valence-electron chi connectivity index (χ2n) is 4.01. The van der Waals surface area contributed by atoms with Gasteiger partial charge in [0.05, 0.1) is 11.3 Å². The van der Waals surface area contributed by atoms with Gasteiger partial charge in [-0.3, -0.25) is 4.79 Å². The van der Waals surface area contributed by atoms with Crippen molar-refractivity contribution < 1.29 is 9.18 Å². The number of halogens is 3. The number of hydrogen-bond donors (Lipinski definition) is 2. The fourth-order valence-electron chi connectivity index (χ4n) is 1.64. The molecule has 7 heteroatoms. The Hall–Kier alpha value is -1.85. The molecule has 0 aliphatic heterocycles. The Kier molecular flexibility index (Phi) is 4.42. The fourth-order valence-corrected chi connectivity index (χ4v) is 1.98. The van der Waals surface area contributed by atoms with Crippen LogP contribution in [0.1, 0.15) is 15.9 Å². The minimum Gasteiger partial charge on any atom is -0.380 e. The molecule has 1 amide bonds. The van der Waals surface area contributed by atoms with Crippen molar-refractivity contribution in [3.63, 3.8) is 0 Å². The lowest BCUT2D eigenvalue weighted by atomic mass is 10.2. The molecule has 4 nitrogen and oxygen atoms in total. The Morgan fingerprint density at radius 3 is 2.80 bits per heavy atom. The van der Waals surface area contributed by atoms with Gasteiger partial charge in [-0.25, -0.2) is 9.37 Å². The number of amides is 1. The molecule has 0 unspecified atom stereocenters. The predicted octanol–water partition coefficient (Wildman–Crippen LogP) is 3.24. The lowest BCUT2D eigenvalue weighted by molar-refractivity contribution is 0.100. The lowest BCUT2D eigenvalue weighted by Gasteiger charge is -2.11. The van der Waals surface area contributed by atoms with E-state index in [0.717, 1.165) is 0 Å².